The molecule has 5 nitrogen and oxygen atoms in total. The molecule has 0 spiro atoms. The van der Waals surface area contributed by atoms with E-state index in [9.17, 15) is 24.1 Å². The van der Waals surface area contributed by atoms with Crippen molar-refractivity contribution in [3.8, 4) is 5.75 Å². The summed E-state index contributed by atoms with van der Waals surface area (Å²) in [6.45, 7) is 1.35. The van der Waals surface area contributed by atoms with Crippen LogP contribution in [-0.2, 0) is 23.7 Å². The van der Waals surface area contributed by atoms with Gasteiger partial charge in [0.05, 0.1) is 6.61 Å². The zero-order valence-electron chi connectivity index (χ0n) is 18.5. The second-order valence-electron chi connectivity index (χ2n) is 8.00. The minimum atomic E-state index is -2.81. The van der Waals surface area contributed by atoms with Crippen LogP contribution in [0.4, 0.5) is 8.78 Å². The molecular formula is C25H35F2NO4. The normalized spacial score (nSPS) is 12.8. The summed E-state index contributed by atoms with van der Waals surface area (Å²) in [4.78, 5) is 0. The van der Waals surface area contributed by atoms with E-state index >= 15 is 0 Å². The first kappa shape index (κ1) is 26.2. The fraction of sp³-hybridized carbons (Fsp3) is 0.520. The number of aliphatic hydroxyl groups is 2. The van der Waals surface area contributed by atoms with Gasteiger partial charge in [-0.1, -0.05) is 49.2 Å². The third-order valence-corrected chi connectivity index (χ3v) is 5.31. The van der Waals surface area contributed by atoms with Gasteiger partial charge in [-0.15, -0.1) is 0 Å². The van der Waals surface area contributed by atoms with Gasteiger partial charge in [-0.05, 0) is 43.5 Å². The summed E-state index contributed by atoms with van der Waals surface area (Å²) >= 11 is 0. The highest BCUT2D eigenvalue weighted by Gasteiger charge is 2.30. The van der Waals surface area contributed by atoms with E-state index in [0.29, 0.717) is 38.2 Å². The lowest BCUT2D eigenvalue weighted by molar-refractivity contribution is -0.0226. The molecule has 1 atom stereocenters. The molecule has 7 heteroatoms. The molecule has 0 aliphatic heterocycles. The highest BCUT2D eigenvalue weighted by atomic mass is 19.3. The van der Waals surface area contributed by atoms with Crippen LogP contribution in [0.3, 0.4) is 0 Å². The van der Waals surface area contributed by atoms with Crippen LogP contribution in [0.5, 0.6) is 5.75 Å². The topological polar surface area (TPSA) is 82.0 Å². The number of hydrogen-bond donors (Lipinski definition) is 4. The van der Waals surface area contributed by atoms with Crippen LogP contribution < -0.4 is 5.32 Å². The minimum absolute atomic E-state index is 0.0489. The molecule has 0 heterocycles. The number of aliphatic hydroxyl groups excluding tert-OH is 2. The van der Waals surface area contributed by atoms with E-state index < -0.39 is 12.2 Å². The van der Waals surface area contributed by atoms with Gasteiger partial charge in [0.25, 0.3) is 5.92 Å². The Labute approximate surface area is 189 Å². The summed E-state index contributed by atoms with van der Waals surface area (Å²) in [6, 6.07) is 12.8. The summed E-state index contributed by atoms with van der Waals surface area (Å²) in [5.74, 6) is -2.77. The Morgan fingerprint density at radius 3 is 2.41 bits per heavy atom. The Balaban J connectivity index is 1.44. The fourth-order valence-corrected chi connectivity index (χ4v) is 3.46. The number of rotatable bonds is 16. The molecular weight excluding hydrogens is 416 g/mol. The van der Waals surface area contributed by atoms with Gasteiger partial charge in [0.15, 0.2) is 0 Å². The van der Waals surface area contributed by atoms with E-state index in [2.05, 4.69) is 5.32 Å². The molecule has 178 valence electrons. The molecule has 32 heavy (non-hydrogen) atoms. The number of ether oxygens (including phenoxy) is 1. The van der Waals surface area contributed by atoms with Crippen molar-refractivity contribution >= 4 is 0 Å². The van der Waals surface area contributed by atoms with Gasteiger partial charge in [0, 0.05) is 37.2 Å². The maximum Gasteiger partial charge on any atom is 0.273 e. The lowest BCUT2D eigenvalue weighted by Crippen LogP contribution is -2.31. The lowest BCUT2D eigenvalue weighted by Gasteiger charge is -2.16. The summed E-state index contributed by atoms with van der Waals surface area (Å²) in [5.41, 5.74) is 1.34. The maximum atomic E-state index is 14.0. The summed E-state index contributed by atoms with van der Waals surface area (Å²) in [6.07, 6.45) is 3.58. The Morgan fingerprint density at radius 2 is 1.66 bits per heavy atom. The SMILES string of the molecule is OCc1cc(CC(O)NCCCCCCOCCCC(F)(F)c2ccccc2)ccc1O. The Bertz CT molecular complexity index is 774. The fourth-order valence-electron chi connectivity index (χ4n) is 3.46. The number of alkyl halides is 2. The van der Waals surface area contributed by atoms with Gasteiger partial charge in [0.2, 0.25) is 0 Å². The Kier molecular flexibility index (Phi) is 11.6. The molecule has 4 N–H and O–H groups in total. The zero-order valence-corrected chi connectivity index (χ0v) is 18.5. The third-order valence-electron chi connectivity index (χ3n) is 5.31. The van der Waals surface area contributed by atoms with Crippen molar-refractivity contribution in [3.63, 3.8) is 0 Å². The molecule has 0 fully saturated rings. The molecule has 2 rings (SSSR count). The van der Waals surface area contributed by atoms with E-state index in [-0.39, 0.29) is 24.3 Å². The van der Waals surface area contributed by atoms with E-state index in [1.54, 1.807) is 30.3 Å². The van der Waals surface area contributed by atoms with Crippen LogP contribution in [0.15, 0.2) is 48.5 Å². The molecule has 0 amide bonds. The molecule has 0 saturated heterocycles. The van der Waals surface area contributed by atoms with Crippen LogP contribution in [-0.4, -0.2) is 41.3 Å². The number of aromatic hydroxyl groups is 1. The predicted molar refractivity (Wildman–Crippen MR) is 121 cm³/mol. The standard InChI is InChI=1S/C25H35F2NO4/c26-25(27,22-9-4-3-5-10-22)13-8-16-32-15-7-2-1-6-14-28-24(31)18-20-11-12-23(30)21(17-20)19-29/h3-5,9-12,17,24,28-31H,1-2,6-8,13-16,18-19H2. The molecule has 0 aliphatic rings. The zero-order chi connectivity index (χ0) is 23.2. The smallest absolute Gasteiger partial charge is 0.273 e. The first-order valence-electron chi connectivity index (χ1n) is 11.3. The highest BCUT2D eigenvalue weighted by molar-refractivity contribution is 5.35. The summed E-state index contributed by atoms with van der Waals surface area (Å²) < 4.78 is 33.5. The van der Waals surface area contributed by atoms with Crippen molar-refractivity contribution in [1.29, 1.82) is 0 Å². The molecule has 2 aromatic carbocycles. The van der Waals surface area contributed by atoms with Gasteiger partial charge in [0.1, 0.15) is 12.0 Å². The Hall–Kier alpha value is -2.06. The lowest BCUT2D eigenvalue weighted by atomic mass is 10.0. The summed E-state index contributed by atoms with van der Waals surface area (Å²) in [7, 11) is 0. The van der Waals surface area contributed by atoms with Crippen molar-refractivity contribution in [2.45, 2.75) is 63.7 Å². The van der Waals surface area contributed by atoms with Gasteiger partial charge in [-0.3, -0.25) is 5.32 Å². The van der Waals surface area contributed by atoms with E-state index in [0.717, 1.165) is 31.2 Å². The third kappa shape index (κ3) is 9.61. The molecule has 0 aromatic heterocycles. The number of unbranched alkanes of at least 4 members (excludes halogenated alkanes) is 3. The maximum absolute atomic E-state index is 14.0. The van der Waals surface area contributed by atoms with Crippen LogP contribution in [0.2, 0.25) is 0 Å². The second-order valence-corrected chi connectivity index (χ2v) is 8.00. The van der Waals surface area contributed by atoms with Crippen LogP contribution in [0.1, 0.15) is 55.2 Å². The van der Waals surface area contributed by atoms with Gasteiger partial charge < -0.3 is 20.1 Å². The van der Waals surface area contributed by atoms with E-state index in [1.165, 1.54) is 18.2 Å². The summed E-state index contributed by atoms with van der Waals surface area (Å²) in [5, 5.41) is 31.9. The molecule has 2 aromatic rings. The minimum Gasteiger partial charge on any atom is -0.508 e. The monoisotopic (exact) mass is 451 g/mol. The second kappa shape index (κ2) is 14.2. The Morgan fingerprint density at radius 1 is 0.938 bits per heavy atom. The number of benzene rings is 2. The largest absolute Gasteiger partial charge is 0.508 e. The molecule has 0 saturated carbocycles. The number of phenols is 1. The average Bonchev–Trinajstić information content (AvgIpc) is 2.79. The molecule has 0 radical (unpaired) electrons. The van der Waals surface area contributed by atoms with Crippen molar-refractivity contribution in [2.75, 3.05) is 19.8 Å². The number of halogens is 2. The van der Waals surface area contributed by atoms with Gasteiger partial charge in [-0.2, -0.15) is 0 Å². The predicted octanol–water partition coefficient (Wildman–Crippen LogP) is 4.48. The number of nitrogens with one attached hydrogen (secondary N) is 1. The van der Waals surface area contributed by atoms with Crippen LogP contribution in [0.25, 0.3) is 0 Å². The van der Waals surface area contributed by atoms with Crippen LogP contribution >= 0.6 is 0 Å². The quantitative estimate of drug-likeness (QED) is 0.223. The van der Waals surface area contributed by atoms with Crippen molar-refractivity contribution in [2.24, 2.45) is 0 Å². The van der Waals surface area contributed by atoms with Gasteiger partial charge in [-0.25, -0.2) is 8.78 Å². The highest BCUT2D eigenvalue weighted by Crippen LogP contribution is 2.32. The van der Waals surface area contributed by atoms with Crippen molar-refractivity contribution < 1.29 is 28.8 Å². The van der Waals surface area contributed by atoms with Crippen molar-refractivity contribution in [3.05, 3.63) is 65.2 Å². The van der Waals surface area contributed by atoms with Gasteiger partial charge >= 0.3 is 0 Å². The average molecular weight is 452 g/mol. The first-order chi connectivity index (χ1) is 15.4. The number of hydrogen-bond acceptors (Lipinski definition) is 5. The van der Waals surface area contributed by atoms with E-state index in [1.807, 2.05) is 0 Å². The first-order valence-corrected chi connectivity index (χ1v) is 11.3. The van der Waals surface area contributed by atoms with Crippen LogP contribution in [0, 0.1) is 0 Å². The van der Waals surface area contributed by atoms with E-state index in [4.69, 9.17) is 4.74 Å². The molecule has 0 bridgehead atoms. The molecule has 1 unspecified atom stereocenters. The molecule has 0 aliphatic carbocycles. The van der Waals surface area contributed by atoms with Crippen molar-refractivity contribution in [1.82, 2.24) is 5.32 Å².